The molecule has 0 aromatic carbocycles. The van der Waals surface area contributed by atoms with Gasteiger partial charge in [0.1, 0.15) is 5.60 Å². The van der Waals surface area contributed by atoms with Gasteiger partial charge in [-0.3, -0.25) is 14.4 Å². The number of carboxylic acids is 1. The van der Waals surface area contributed by atoms with Gasteiger partial charge in [-0.1, -0.05) is 6.42 Å². The Morgan fingerprint density at radius 2 is 1.78 bits per heavy atom. The van der Waals surface area contributed by atoms with Crippen molar-refractivity contribution in [2.75, 3.05) is 6.61 Å². The number of ether oxygens (including phenoxy) is 2. The number of carboxylic acid groups (broad SMARTS) is 1. The Labute approximate surface area is 138 Å². The zero-order valence-electron chi connectivity index (χ0n) is 14.6. The third kappa shape index (κ3) is 12.6. The Balaban J connectivity index is 4.27. The van der Waals surface area contributed by atoms with Crippen molar-refractivity contribution < 1.29 is 29.0 Å². The summed E-state index contributed by atoms with van der Waals surface area (Å²) in [6.07, 6.45) is 4.28. The van der Waals surface area contributed by atoms with Crippen LogP contribution in [0.25, 0.3) is 0 Å². The first kappa shape index (κ1) is 21.4. The molecule has 0 aromatic rings. The van der Waals surface area contributed by atoms with Gasteiger partial charge < -0.3 is 14.6 Å². The molecule has 0 saturated heterocycles. The van der Waals surface area contributed by atoms with Crippen LogP contribution in [-0.2, 0) is 23.9 Å². The lowest BCUT2D eigenvalue weighted by molar-refractivity contribution is -0.155. The second-order valence-electron chi connectivity index (χ2n) is 6.36. The molecule has 0 spiro atoms. The molecule has 1 radical (unpaired) electrons. The number of aliphatic carboxylic acids is 1. The van der Waals surface area contributed by atoms with Crippen molar-refractivity contribution in [2.45, 2.75) is 71.8 Å². The van der Waals surface area contributed by atoms with Crippen molar-refractivity contribution in [3.8, 4) is 0 Å². The van der Waals surface area contributed by atoms with Crippen molar-refractivity contribution in [3.05, 3.63) is 6.42 Å². The molecular weight excluding hydrogens is 300 g/mol. The van der Waals surface area contributed by atoms with Gasteiger partial charge in [-0.2, -0.15) is 0 Å². The van der Waals surface area contributed by atoms with Crippen LogP contribution in [0.1, 0.15) is 66.2 Å². The van der Waals surface area contributed by atoms with E-state index in [2.05, 4.69) is 0 Å². The van der Waals surface area contributed by atoms with Crippen LogP contribution < -0.4 is 0 Å². The van der Waals surface area contributed by atoms with Crippen LogP contribution in [0, 0.1) is 12.3 Å². The molecule has 0 fully saturated rings. The van der Waals surface area contributed by atoms with Crippen LogP contribution in [0.15, 0.2) is 0 Å². The molecule has 0 aromatic heterocycles. The van der Waals surface area contributed by atoms with Crippen molar-refractivity contribution >= 4 is 17.9 Å². The molecule has 1 atom stereocenters. The van der Waals surface area contributed by atoms with Gasteiger partial charge >= 0.3 is 17.9 Å². The van der Waals surface area contributed by atoms with Crippen molar-refractivity contribution in [1.29, 1.82) is 0 Å². The molecular formula is C17H29O6. The third-order valence-corrected chi connectivity index (χ3v) is 2.96. The van der Waals surface area contributed by atoms with Crippen molar-refractivity contribution in [2.24, 2.45) is 5.92 Å². The number of carbonyl (C=O) groups excluding carboxylic acids is 2. The van der Waals surface area contributed by atoms with Crippen LogP contribution in [0.4, 0.5) is 0 Å². The van der Waals surface area contributed by atoms with Crippen LogP contribution in [0.3, 0.4) is 0 Å². The van der Waals surface area contributed by atoms with Gasteiger partial charge in [-0.15, -0.1) is 0 Å². The summed E-state index contributed by atoms with van der Waals surface area (Å²) in [6.45, 7) is 7.40. The fraction of sp³-hybridized carbons (Fsp3) is 0.765. The smallest absolute Gasteiger partial charge is 0.309 e. The molecule has 0 saturated carbocycles. The van der Waals surface area contributed by atoms with Crippen LogP contribution in [-0.4, -0.2) is 35.2 Å². The second kappa shape index (κ2) is 11.0. The largest absolute Gasteiger partial charge is 0.481 e. The molecule has 0 amide bonds. The molecule has 0 rings (SSSR count). The molecule has 0 bridgehead atoms. The summed E-state index contributed by atoms with van der Waals surface area (Å²) in [4.78, 5) is 34.1. The lowest BCUT2D eigenvalue weighted by Gasteiger charge is -2.20. The van der Waals surface area contributed by atoms with Crippen LogP contribution in [0.2, 0.25) is 0 Å². The SMILES string of the molecule is CCOC(=O)C([CH]CCCCC(=O)O)CCC(=O)OC(C)(C)C. The molecule has 1 unspecified atom stereocenters. The Hall–Kier alpha value is -1.59. The van der Waals surface area contributed by atoms with E-state index in [1.54, 1.807) is 27.7 Å². The van der Waals surface area contributed by atoms with E-state index in [9.17, 15) is 14.4 Å². The average molecular weight is 329 g/mol. The topological polar surface area (TPSA) is 89.9 Å². The van der Waals surface area contributed by atoms with Gasteiger partial charge in [-0.25, -0.2) is 0 Å². The quantitative estimate of drug-likeness (QED) is 0.462. The van der Waals surface area contributed by atoms with E-state index in [0.717, 1.165) is 0 Å². The van der Waals surface area contributed by atoms with Gasteiger partial charge in [0.25, 0.3) is 0 Å². The molecule has 0 aliphatic rings. The van der Waals surface area contributed by atoms with Crippen LogP contribution in [0.5, 0.6) is 0 Å². The number of unbranched alkanes of at least 4 members (excludes halogenated alkanes) is 2. The normalized spacial score (nSPS) is 12.5. The lowest BCUT2D eigenvalue weighted by atomic mass is 9.96. The Kier molecular flexibility index (Phi) is 10.3. The Bertz CT molecular complexity index is 383. The molecule has 1 N–H and O–H groups in total. The molecule has 23 heavy (non-hydrogen) atoms. The van der Waals surface area contributed by atoms with Gasteiger partial charge in [0.15, 0.2) is 0 Å². The van der Waals surface area contributed by atoms with E-state index in [4.69, 9.17) is 14.6 Å². The highest BCUT2D eigenvalue weighted by Crippen LogP contribution is 2.19. The monoisotopic (exact) mass is 329 g/mol. The summed E-state index contributed by atoms with van der Waals surface area (Å²) >= 11 is 0. The van der Waals surface area contributed by atoms with Gasteiger partial charge in [0.2, 0.25) is 0 Å². The number of hydrogen-bond acceptors (Lipinski definition) is 5. The minimum Gasteiger partial charge on any atom is -0.481 e. The highest BCUT2D eigenvalue weighted by Gasteiger charge is 2.23. The van der Waals surface area contributed by atoms with E-state index in [0.29, 0.717) is 25.7 Å². The molecule has 6 heteroatoms. The third-order valence-electron chi connectivity index (χ3n) is 2.96. The van der Waals surface area contributed by atoms with Gasteiger partial charge in [0.05, 0.1) is 12.5 Å². The summed E-state index contributed by atoms with van der Waals surface area (Å²) in [5.41, 5.74) is -0.545. The van der Waals surface area contributed by atoms with Crippen molar-refractivity contribution in [1.82, 2.24) is 0 Å². The summed E-state index contributed by atoms with van der Waals surface area (Å²) in [6, 6.07) is 0. The highest BCUT2D eigenvalue weighted by molar-refractivity contribution is 5.75. The lowest BCUT2D eigenvalue weighted by Crippen LogP contribution is -2.25. The minimum atomic E-state index is -0.822. The number of rotatable bonds is 11. The Morgan fingerprint density at radius 3 is 2.30 bits per heavy atom. The number of esters is 2. The highest BCUT2D eigenvalue weighted by atomic mass is 16.6. The van der Waals surface area contributed by atoms with Gasteiger partial charge in [-0.05, 0) is 53.4 Å². The van der Waals surface area contributed by atoms with E-state index >= 15 is 0 Å². The number of carbonyl (C=O) groups is 3. The van der Waals surface area contributed by atoms with E-state index in [-0.39, 0.29) is 31.4 Å². The second-order valence-corrected chi connectivity index (χ2v) is 6.36. The standard InChI is InChI=1S/C17H29O6/c1-5-22-16(21)13(9-7-6-8-10-14(18)19)11-12-15(20)23-17(2,3)4/h9,13H,5-8,10-12H2,1-4H3,(H,18,19). The average Bonchev–Trinajstić information content (AvgIpc) is 2.39. The zero-order valence-corrected chi connectivity index (χ0v) is 14.6. The fourth-order valence-corrected chi connectivity index (χ4v) is 1.99. The first-order chi connectivity index (χ1) is 10.7. The van der Waals surface area contributed by atoms with E-state index in [1.165, 1.54) is 0 Å². The molecule has 0 heterocycles. The predicted molar refractivity (Wildman–Crippen MR) is 85.6 cm³/mol. The number of hydrogen-bond donors (Lipinski definition) is 1. The van der Waals surface area contributed by atoms with Crippen molar-refractivity contribution in [3.63, 3.8) is 0 Å². The summed E-state index contributed by atoms with van der Waals surface area (Å²) < 4.78 is 10.2. The maximum Gasteiger partial charge on any atom is 0.309 e. The first-order valence-electron chi connectivity index (χ1n) is 8.09. The maximum atomic E-state index is 11.9. The Morgan fingerprint density at radius 1 is 1.13 bits per heavy atom. The van der Waals surface area contributed by atoms with Gasteiger partial charge in [0, 0.05) is 12.8 Å². The predicted octanol–water partition coefficient (Wildman–Crippen LogP) is 3.14. The minimum absolute atomic E-state index is 0.121. The molecule has 6 nitrogen and oxygen atoms in total. The molecule has 133 valence electrons. The summed E-state index contributed by atoms with van der Waals surface area (Å²) in [5.74, 6) is -1.98. The van der Waals surface area contributed by atoms with E-state index < -0.39 is 17.5 Å². The maximum absolute atomic E-state index is 11.9. The summed E-state index contributed by atoms with van der Waals surface area (Å²) in [7, 11) is 0. The molecule has 0 aliphatic heterocycles. The fourth-order valence-electron chi connectivity index (χ4n) is 1.99. The molecule has 0 aliphatic carbocycles. The van der Waals surface area contributed by atoms with Crippen LogP contribution >= 0.6 is 0 Å². The first-order valence-corrected chi connectivity index (χ1v) is 8.09. The van der Waals surface area contributed by atoms with E-state index in [1.807, 2.05) is 6.42 Å². The zero-order chi connectivity index (χ0) is 17.9. The summed E-state index contributed by atoms with van der Waals surface area (Å²) in [5, 5.41) is 8.58.